The van der Waals surface area contributed by atoms with E-state index in [1.807, 2.05) is 21.1 Å². The third-order valence-electron chi connectivity index (χ3n) is 2.30. The van der Waals surface area contributed by atoms with Gasteiger partial charge in [-0.25, -0.2) is 4.98 Å². The van der Waals surface area contributed by atoms with Crippen molar-refractivity contribution < 1.29 is 14.0 Å². The van der Waals surface area contributed by atoms with E-state index in [9.17, 15) is 4.79 Å². The van der Waals surface area contributed by atoms with Crippen LogP contribution in [-0.2, 0) is 16.0 Å². The average Bonchev–Trinajstić information content (AvgIpc) is 2.68. The standard InChI is InChI=1S/C11H21N4O2/c1-15(2,3)4-5-17-11(16)10(12)6-9-7-13-8-14-9/h7-8,10H,4-6,12H2,1-3H3,(H,13,14)/q+1/t10-/m0/s1. The number of esters is 1. The number of nitrogens with one attached hydrogen (secondary N) is 1. The molecule has 1 rings (SSSR count). The van der Waals surface area contributed by atoms with Crippen LogP contribution in [0.2, 0.25) is 0 Å². The zero-order chi connectivity index (χ0) is 12.9. The minimum Gasteiger partial charge on any atom is -0.459 e. The number of aromatic amines is 1. The summed E-state index contributed by atoms with van der Waals surface area (Å²) < 4.78 is 5.87. The number of likely N-dealkylation sites (N-methyl/N-ethyl adjacent to an activating group) is 1. The number of carbonyl (C=O) groups is 1. The lowest BCUT2D eigenvalue weighted by Crippen LogP contribution is -2.40. The predicted molar refractivity (Wildman–Crippen MR) is 64.1 cm³/mol. The van der Waals surface area contributed by atoms with Crippen molar-refractivity contribution in [2.45, 2.75) is 12.5 Å². The van der Waals surface area contributed by atoms with Crippen molar-refractivity contribution >= 4 is 5.97 Å². The monoisotopic (exact) mass is 241 g/mol. The van der Waals surface area contributed by atoms with Crippen molar-refractivity contribution in [3.05, 3.63) is 18.2 Å². The number of carbonyl (C=O) groups excluding carboxylic acids is 1. The maximum absolute atomic E-state index is 11.6. The van der Waals surface area contributed by atoms with Crippen molar-refractivity contribution in [3.63, 3.8) is 0 Å². The van der Waals surface area contributed by atoms with E-state index in [0.717, 1.165) is 16.7 Å². The van der Waals surface area contributed by atoms with E-state index in [2.05, 4.69) is 9.97 Å². The summed E-state index contributed by atoms with van der Waals surface area (Å²) >= 11 is 0. The highest BCUT2D eigenvalue weighted by atomic mass is 16.5. The van der Waals surface area contributed by atoms with Crippen molar-refractivity contribution in [2.24, 2.45) is 5.73 Å². The Balaban J connectivity index is 2.28. The van der Waals surface area contributed by atoms with Crippen LogP contribution in [0.5, 0.6) is 0 Å². The van der Waals surface area contributed by atoms with Crippen LogP contribution in [-0.4, -0.2) is 60.8 Å². The molecule has 1 heterocycles. The number of aromatic nitrogens is 2. The van der Waals surface area contributed by atoms with Crippen molar-refractivity contribution in [1.82, 2.24) is 9.97 Å². The Labute approximate surface area is 101 Å². The second-order valence-corrected chi connectivity index (χ2v) is 5.07. The lowest BCUT2D eigenvalue weighted by Gasteiger charge is -2.23. The fourth-order valence-electron chi connectivity index (χ4n) is 1.24. The smallest absolute Gasteiger partial charge is 0.323 e. The first-order valence-electron chi connectivity index (χ1n) is 5.58. The largest absolute Gasteiger partial charge is 0.459 e. The van der Waals surface area contributed by atoms with E-state index in [-0.39, 0.29) is 5.97 Å². The van der Waals surface area contributed by atoms with Crippen LogP contribution in [0.15, 0.2) is 12.5 Å². The highest BCUT2D eigenvalue weighted by Gasteiger charge is 2.17. The number of quaternary nitrogens is 1. The number of rotatable bonds is 6. The predicted octanol–water partition coefficient (Wildman–Crippen LogP) is -0.471. The van der Waals surface area contributed by atoms with Gasteiger partial charge in [-0.05, 0) is 0 Å². The number of H-pyrrole nitrogens is 1. The Morgan fingerprint density at radius 3 is 2.82 bits per heavy atom. The number of imidazole rings is 1. The van der Waals surface area contributed by atoms with E-state index >= 15 is 0 Å². The van der Waals surface area contributed by atoms with Gasteiger partial charge in [-0.15, -0.1) is 0 Å². The lowest BCUT2D eigenvalue weighted by atomic mass is 10.2. The van der Waals surface area contributed by atoms with E-state index in [1.165, 1.54) is 0 Å². The Bertz CT molecular complexity index is 343. The second-order valence-electron chi connectivity index (χ2n) is 5.07. The topological polar surface area (TPSA) is 81.0 Å². The van der Waals surface area contributed by atoms with E-state index in [4.69, 9.17) is 10.5 Å². The van der Waals surface area contributed by atoms with Crippen molar-refractivity contribution in [1.29, 1.82) is 0 Å². The molecular formula is C11H21N4O2+. The fourth-order valence-corrected chi connectivity index (χ4v) is 1.24. The number of hydrogen-bond donors (Lipinski definition) is 2. The third kappa shape index (κ3) is 5.46. The second kappa shape index (κ2) is 5.79. The summed E-state index contributed by atoms with van der Waals surface area (Å²) in [5.41, 5.74) is 6.57. The first-order chi connectivity index (χ1) is 7.88. The van der Waals surface area contributed by atoms with Crippen LogP contribution >= 0.6 is 0 Å². The van der Waals surface area contributed by atoms with Crippen LogP contribution in [0.3, 0.4) is 0 Å². The summed E-state index contributed by atoms with van der Waals surface area (Å²) in [5.74, 6) is -0.368. The zero-order valence-corrected chi connectivity index (χ0v) is 10.6. The molecule has 96 valence electrons. The average molecular weight is 241 g/mol. The molecule has 6 nitrogen and oxygen atoms in total. The molecule has 1 aromatic rings. The molecule has 1 atom stereocenters. The van der Waals surface area contributed by atoms with Gasteiger partial charge in [0.1, 0.15) is 19.2 Å². The Morgan fingerprint density at radius 2 is 2.29 bits per heavy atom. The Kier molecular flexibility index (Phi) is 4.65. The van der Waals surface area contributed by atoms with Gasteiger partial charge in [0.05, 0.1) is 27.5 Å². The molecule has 0 fully saturated rings. The van der Waals surface area contributed by atoms with E-state index in [1.54, 1.807) is 12.5 Å². The van der Waals surface area contributed by atoms with Gasteiger partial charge >= 0.3 is 5.97 Å². The molecule has 1 aromatic heterocycles. The van der Waals surface area contributed by atoms with Crippen molar-refractivity contribution in [2.75, 3.05) is 34.3 Å². The molecule has 17 heavy (non-hydrogen) atoms. The number of ether oxygens (including phenoxy) is 1. The normalized spacial score (nSPS) is 13.4. The molecule has 0 aliphatic heterocycles. The van der Waals surface area contributed by atoms with Crippen LogP contribution < -0.4 is 5.73 Å². The lowest BCUT2D eigenvalue weighted by molar-refractivity contribution is -0.870. The van der Waals surface area contributed by atoms with Gasteiger partial charge in [-0.3, -0.25) is 4.79 Å². The molecule has 0 aromatic carbocycles. The molecule has 0 radical (unpaired) electrons. The first kappa shape index (κ1) is 13.7. The molecule has 0 saturated heterocycles. The van der Waals surface area contributed by atoms with Crippen LogP contribution in [0.25, 0.3) is 0 Å². The van der Waals surface area contributed by atoms with Crippen LogP contribution in [0.1, 0.15) is 5.69 Å². The van der Waals surface area contributed by atoms with Gasteiger partial charge in [0.2, 0.25) is 0 Å². The molecule has 0 bridgehead atoms. The van der Waals surface area contributed by atoms with Gasteiger partial charge in [0.25, 0.3) is 0 Å². The molecule has 0 unspecified atom stereocenters. The molecule has 0 amide bonds. The summed E-state index contributed by atoms with van der Waals surface area (Å²) in [5, 5.41) is 0. The quantitative estimate of drug-likeness (QED) is 0.521. The number of nitrogens with two attached hydrogens (primary N) is 1. The molecule has 0 aliphatic carbocycles. The molecule has 0 saturated carbocycles. The molecule has 0 aliphatic rings. The fraction of sp³-hybridized carbons (Fsp3) is 0.636. The van der Waals surface area contributed by atoms with Gasteiger partial charge in [0, 0.05) is 18.3 Å². The van der Waals surface area contributed by atoms with Gasteiger partial charge < -0.3 is 19.9 Å². The highest BCUT2D eigenvalue weighted by molar-refractivity contribution is 5.75. The maximum Gasteiger partial charge on any atom is 0.323 e. The molecule has 0 spiro atoms. The number of hydrogen-bond acceptors (Lipinski definition) is 4. The maximum atomic E-state index is 11.6. The summed E-state index contributed by atoms with van der Waals surface area (Å²) in [7, 11) is 6.12. The summed E-state index contributed by atoms with van der Waals surface area (Å²) in [6, 6.07) is -0.636. The number of nitrogens with zero attached hydrogens (tertiary/aromatic N) is 2. The van der Waals surface area contributed by atoms with Gasteiger partial charge in [-0.2, -0.15) is 0 Å². The molecule has 3 N–H and O–H groups in total. The Morgan fingerprint density at radius 1 is 1.59 bits per heavy atom. The highest BCUT2D eigenvalue weighted by Crippen LogP contribution is 1.99. The Hall–Kier alpha value is -1.40. The van der Waals surface area contributed by atoms with Crippen molar-refractivity contribution in [3.8, 4) is 0 Å². The van der Waals surface area contributed by atoms with Gasteiger partial charge in [0.15, 0.2) is 0 Å². The minimum atomic E-state index is -0.636. The minimum absolute atomic E-state index is 0.368. The van der Waals surface area contributed by atoms with E-state index < -0.39 is 6.04 Å². The summed E-state index contributed by atoms with van der Waals surface area (Å²) in [6.45, 7) is 1.15. The van der Waals surface area contributed by atoms with Gasteiger partial charge in [-0.1, -0.05) is 0 Å². The SMILES string of the molecule is C[N+](C)(C)CCOC(=O)[C@@H](N)Cc1cnc[nH]1. The molecular weight excluding hydrogens is 220 g/mol. The third-order valence-corrected chi connectivity index (χ3v) is 2.30. The molecule has 6 heteroatoms. The first-order valence-corrected chi connectivity index (χ1v) is 5.58. The summed E-state index contributed by atoms with van der Waals surface area (Å²) in [6.07, 6.45) is 3.63. The van der Waals surface area contributed by atoms with E-state index in [0.29, 0.717) is 13.0 Å². The zero-order valence-electron chi connectivity index (χ0n) is 10.6. The van der Waals surface area contributed by atoms with Crippen LogP contribution in [0.4, 0.5) is 0 Å². The van der Waals surface area contributed by atoms with Crippen LogP contribution in [0, 0.1) is 0 Å². The summed E-state index contributed by atoms with van der Waals surface area (Å²) in [4.78, 5) is 18.3.